The molecular formula is C23H18BrClN4OS. The van der Waals surface area contributed by atoms with Crippen molar-refractivity contribution in [1.29, 1.82) is 0 Å². The number of anilines is 1. The van der Waals surface area contributed by atoms with Crippen molar-refractivity contribution in [3.63, 3.8) is 0 Å². The minimum Gasteiger partial charge on any atom is -0.325 e. The smallest absolute Gasteiger partial charge is 0.234 e. The number of carbonyl (C=O) groups is 1. The first-order chi connectivity index (χ1) is 15.0. The Morgan fingerprint density at radius 3 is 2.55 bits per heavy atom. The van der Waals surface area contributed by atoms with Crippen LogP contribution in [0.25, 0.3) is 17.1 Å². The number of hydrogen-bond donors (Lipinski definition) is 1. The van der Waals surface area contributed by atoms with Crippen LogP contribution in [0, 0.1) is 6.92 Å². The average molecular weight is 514 g/mol. The summed E-state index contributed by atoms with van der Waals surface area (Å²) < 4.78 is 2.88. The highest BCUT2D eigenvalue weighted by atomic mass is 79.9. The van der Waals surface area contributed by atoms with Crippen molar-refractivity contribution in [3.8, 4) is 17.1 Å². The maximum absolute atomic E-state index is 12.6. The van der Waals surface area contributed by atoms with Gasteiger partial charge in [-0.15, -0.1) is 10.2 Å². The van der Waals surface area contributed by atoms with E-state index in [-0.39, 0.29) is 11.7 Å². The van der Waals surface area contributed by atoms with Gasteiger partial charge in [0.15, 0.2) is 11.0 Å². The van der Waals surface area contributed by atoms with Crippen LogP contribution < -0.4 is 5.32 Å². The molecule has 0 spiro atoms. The number of benzene rings is 3. The minimum absolute atomic E-state index is 0.138. The molecule has 156 valence electrons. The van der Waals surface area contributed by atoms with Gasteiger partial charge in [0.2, 0.25) is 5.91 Å². The van der Waals surface area contributed by atoms with Gasteiger partial charge in [-0.1, -0.05) is 81.8 Å². The molecule has 0 aliphatic heterocycles. The highest BCUT2D eigenvalue weighted by Gasteiger charge is 2.19. The van der Waals surface area contributed by atoms with Crippen LogP contribution in [0.2, 0.25) is 5.02 Å². The fourth-order valence-electron chi connectivity index (χ4n) is 3.05. The Balaban J connectivity index is 1.61. The highest BCUT2D eigenvalue weighted by Crippen LogP contribution is 2.32. The van der Waals surface area contributed by atoms with E-state index in [4.69, 9.17) is 11.6 Å². The van der Waals surface area contributed by atoms with Crippen molar-refractivity contribution in [2.24, 2.45) is 0 Å². The van der Waals surface area contributed by atoms with E-state index in [9.17, 15) is 4.79 Å². The second-order valence-corrected chi connectivity index (χ2v) is 8.91. The lowest BCUT2D eigenvalue weighted by Gasteiger charge is -2.12. The van der Waals surface area contributed by atoms with Gasteiger partial charge in [-0.05, 0) is 42.8 Å². The average Bonchev–Trinajstić information content (AvgIpc) is 3.20. The molecule has 0 saturated carbocycles. The van der Waals surface area contributed by atoms with Gasteiger partial charge in [0, 0.05) is 26.4 Å². The van der Waals surface area contributed by atoms with Gasteiger partial charge in [-0.2, -0.15) is 0 Å². The third kappa shape index (κ3) is 4.84. The first kappa shape index (κ1) is 21.6. The molecular weight excluding hydrogens is 496 g/mol. The Morgan fingerprint density at radius 2 is 1.77 bits per heavy atom. The fraction of sp³-hybridized carbons (Fsp3) is 0.0870. The van der Waals surface area contributed by atoms with Gasteiger partial charge in [0.25, 0.3) is 0 Å². The quantitative estimate of drug-likeness (QED) is 0.304. The summed E-state index contributed by atoms with van der Waals surface area (Å²) in [6.45, 7) is 1.88. The van der Waals surface area contributed by atoms with Crippen molar-refractivity contribution in [3.05, 3.63) is 87.9 Å². The summed E-state index contributed by atoms with van der Waals surface area (Å²) in [6, 6.07) is 23.2. The number of amides is 1. The molecule has 1 amide bonds. The Labute approximate surface area is 198 Å². The molecule has 0 atom stereocenters. The van der Waals surface area contributed by atoms with Crippen molar-refractivity contribution >= 4 is 50.9 Å². The molecule has 31 heavy (non-hydrogen) atoms. The van der Waals surface area contributed by atoms with Gasteiger partial charge >= 0.3 is 0 Å². The zero-order valence-corrected chi connectivity index (χ0v) is 19.7. The molecule has 0 aliphatic rings. The number of nitrogens with one attached hydrogen (secondary N) is 1. The number of para-hydroxylation sites is 1. The normalized spacial score (nSPS) is 10.8. The van der Waals surface area contributed by atoms with Crippen LogP contribution in [0.3, 0.4) is 0 Å². The molecule has 0 fully saturated rings. The van der Waals surface area contributed by atoms with Crippen molar-refractivity contribution in [2.45, 2.75) is 12.1 Å². The van der Waals surface area contributed by atoms with E-state index in [1.54, 1.807) is 6.07 Å². The van der Waals surface area contributed by atoms with E-state index in [0.29, 0.717) is 21.7 Å². The monoisotopic (exact) mass is 512 g/mol. The largest absolute Gasteiger partial charge is 0.325 e. The molecule has 8 heteroatoms. The molecule has 4 aromatic rings. The predicted octanol–water partition coefficient (Wildman–Crippen LogP) is 6.39. The maximum atomic E-state index is 12.6. The van der Waals surface area contributed by atoms with Crippen LogP contribution in [0.4, 0.5) is 5.69 Å². The Bertz CT molecular complexity index is 1230. The lowest BCUT2D eigenvalue weighted by atomic mass is 10.2. The molecule has 5 nitrogen and oxygen atoms in total. The predicted molar refractivity (Wildman–Crippen MR) is 130 cm³/mol. The van der Waals surface area contributed by atoms with E-state index in [1.165, 1.54) is 11.8 Å². The molecule has 3 aromatic carbocycles. The van der Waals surface area contributed by atoms with Gasteiger partial charge in [-0.3, -0.25) is 9.36 Å². The zero-order chi connectivity index (χ0) is 21.8. The van der Waals surface area contributed by atoms with Crippen LogP contribution in [0.5, 0.6) is 0 Å². The summed E-state index contributed by atoms with van der Waals surface area (Å²) in [6.07, 6.45) is 0. The van der Waals surface area contributed by atoms with Crippen LogP contribution in [-0.4, -0.2) is 26.4 Å². The molecule has 4 rings (SSSR count). The first-order valence-corrected chi connectivity index (χ1v) is 11.6. The summed E-state index contributed by atoms with van der Waals surface area (Å²) in [5, 5.41) is 13.0. The number of thioether (sulfide) groups is 1. The van der Waals surface area contributed by atoms with Crippen LogP contribution >= 0.6 is 39.3 Å². The molecule has 0 aliphatic carbocycles. The number of halogens is 2. The highest BCUT2D eigenvalue weighted by molar-refractivity contribution is 9.10. The first-order valence-electron chi connectivity index (χ1n) is 9.48. The molecule has 0 saturated heterocycles. The van der Waals surface area contributed by atoms with Gasteiger partial charge in [-0.25, -0.2) is 0 Å². The summed E-state index contributed by atoms with van der Waals surface area (Å²) in [5.74, 6) is 0.750. The van der Waals surface area contributed by atoms with Crippen LogP contribution in [0.15, 0.2) is 82.4 Å². The lowest BCUT2D eigenvalue weighted by Crippen LogP contribution is -2.15. The van der Waals surface area contributed by atoms with E-state index in [2.05, 4.69) is 31.4 Å². The van der Waals surface area contributed by atoms with E-state index < -0.39 is 0 Å². The van der Waals surface area contributed by atoms with Crippen molar-refractivity contribution in [1.82, 2.24) is 14.8 Å². The summed E-state index contributed by atoms with van der Waals surface area (Å²) in [4.78, 5) is 12.6. The molecule has 0 bridgehead atoms. The lowest BCUT2D eigenvalue weighted by molar-refractivity contribution is -0.113. The Morgan fingerprint density at radius 1 is 1.03 bits per heavy atom. The van der Waals surface area contributed by atoms with E-state index in [1.807, 2.05) is 78.2 Å². The molecule has 1 N–H and O–H groups in total. The molecule has 0 unspecified atom stereocenters. The number of carbonyl (C=O) groups excluding carboxylic acids is 1. The SMILES string of the molecule is Cc1c(Cl)cccc1NC(=O)CSc1nnc(-c2ccccc2Br)n1-c1ccccc1. The summed E-state index contributed by atoms with van der Waals surface area (Å²) >= 11 is 11.1. The van der Waals surface area contributed by atoms with Gasteiger partial charge < -0.3 is 5.32 Å². The zero-order valence-electron chi connectivity index (χ0n) is 16.5. The number of aromatic nitrogens is 3. The number of hydrogen-bond acceptors (Lipinski definition) is 4. The van der Waals surface area contributed by atoms with Crippen molar-refractivity contribution < 1.29 is 4.79 Å². The van der Waals surface area contributed by atoms with E-state index in [0.717, 1.165) is 21.3 Å². The second kappa shape index (κ2) is 9.68. The third-order valence-corrected chi connectivity index (χ3v) is 6.67. The van der Waals surface area contributed by atoms with Crippen LogP contribution in [0.1, 0.15) is 5.56 Å². The van der Waals surface area contributed by atoms with Crippen molar-refractivity contribution in [2.75, 3.05) is 11.1 Å². The standard InChI is InChI=1S/C23H18BrClN4OS/c1-15-19(25)12-7-13-20(15)26-21(30)14-31-23-28-27-22(17-10-5-6-11-18(17)24)29(23)16-8-3-2-4-9-16/h2-13H,14H2,1H3,(H,26,30). The number of rotatable bonds is 6. The molecule has 1 aromatic heterocycles. The molecule has 0 radical (unpaired) electrons. The van der Waals surface area contributed by atoms with Crippen LogP contribution in [-0.2, 0) is 4.79 Å². The topological polar surface area (TPSA) is 59.8 Å². The van der Waals surface area contributed by atoms with Gasteiger partial charge in [0.05, 0.1) is 5.75 Å². The Kier molecular flexibility index (Phi) is 6.75. The maximum Gasteiger partial charge on any atom is 0.234 e. The Hall–Kier alpha value is -2.61. The third-order valence-electron chi connectivity index (χ3n) is 4.64. The van der Waals surface area contributed by atoms with E-state index >= 15 is 0 Å². The minimum atomic E-state index is -0.138. The molecule has 1 heterocycles. The summed E-state index contributed by atoms with van der Waals surface area (Å²) in [5.41, 5.74) is 3.39. The fourth-order valence-corrected chi connectivity index (χ4v) is 4.44. The second-order valence-electron chi connectivity index (χ2n) is 6.71. The summed E-state index contributed by atoms with van der Waals surface area (Å²) in [7, 11) is 0. The van der Waals surface area contributed by atoms with Gasteiger partial charge in [0.1, 0.15) is 0 Å². The number of nitrogens with zero attached hydrogens (tertiary/aromatic N) is 3.